The Morgan fingerprint density at radius 1 is 1.61 bits per heavy atom. The Morgan fingerprint density at radius 3 is 2.83 bits per heavy atom. The third-order valence-corrected chi connectivity index (χ3v) is 4.78. The highest BCUT2D eigenvalue weighted by Gasteiger charge is 2.44. The molecule has 0 bridgehead atoms. The third-order valence-electron chi connectivity index (χ3n) is 3.46. The lowest BCUT2D eigenvalue weighted by atomic mass is 10.1. The summed E-state index contributed by atoms with van der Waals surface area (Å²) < 4.78 is 6.68. The zero-order valence-electron chi connectivity index (χ0n) is 11.2. The van der Waals surface area contributed by atoms with Crippen LogP contribution in [0.15, 0.2) is 6.07 Å². The van der Waals surface area contributed by atoms with E-state index in [1.807, 2.05) is 30.4 Å². The molecule has 1 heterocycles. The predicted octanol–water partition coefficient (Wildman–Crippen LogP) is 2.31. The summed E-state index contributed by atoms with van der Waals surface area (Å²) >= 11 is 1.89. The van der Waals surface area contributed by atoms with E-state index >= 15 is 0 Å². The summed E-state index contributed by atoms with van der Waals surface area (Å²) in [6.07, 6.45) is 2.87. The predicted molar refractivity (Wildman–Crippen MR) is 72.4 cm³/mol. The van der Waals surface area contributed by atoms with Crippen molar-refractivity contribution in [3.05, 3.63) is 17.5 Å². The summed E-state index contributed by atoms with van der Waals surface area (Å²) in [6.45, 7) is 2.01. The molecule has 0 spiro atoms. The SMILES string of the molecule is COC(=O)CC1(CSCc2cc(C)nn2C)CC1. The van der Waals surface area contributed by atoms with Gasteiger partial charge in [-0.05, 0) is 37.0 Å². The number of carbonyl (C=O) groups is 1. The van der Waals surface area contributed by atoms with E-state index in [1.165, 1.54) is 12.8 Å². The first-order valence-electron chi connectivity index (χ1n) is 6.19. The van der Waals surface area contributed by atoms with E-state index in [9.17, 15) is 4.79 Å². The van der Waals surface area contributed by atoms with Gasteiger partial charge in [-0.15, -0.1) is 0 Å². The minimum absolute atomic E-state index is 0.0792. The number of esters is 1. The number of hydrogen-bond acceptors (Lipinski definition) is 4. The maximum absolute atomic E-state index is 11.3. The van der Waals surface area contributed by atoms with Gasteiger partial charge in [-0.3, -0.25) is 9.48 Å². The second-order valence-electron chi connectivity index (χ2n) is 5.15. The number of carbonyl (C=O) groups excluding carboxylic acids is 1. The van der Waals surface area contributed by atoms with Gasteiger partial charge < -0.3 is 4.74 Å². The molecule has 1 aliphatic rings. The Balaban J connectivity index is 1.79. The van der Waals surface area contributed by atoms with Crippen LogP contribution in [-0.2, 0) is 22.3 Å². The molecular formula is C13H20N2O2S. The summed E-state index contributed by atoms with van der Waals surface area (Å²) in [5.41, 5.74) is 2.51. The normalized spacial score (nSPS) is 16.6. The Labute approximate surface area is 112 Å². The highest BCUT2D eigenvalue weighted by molar-refractivity contribution is 7.98. The summed E-state index contributed by atoms with van der Waals surface area (Å²) in [5, 5.41) is 4.33. The van der Waals surface area contributed by atoms with Crippen molar-refractivity contribution in [1.82, 2.24) is 9.78 Å². The fourth-order valence-electron chi connectivity index (χ4n) is 2.10. The van der Waals surface area contributed by atoms with Gasteiger partial charge in [-0.2, -0.15) is 16.9 Å². The average Bonchev–Trinajstić information content (AvgIpc) is 2.99. The maximum Gasteiger partial charge on any atom is 0.306 e. The third kappa shape index (κ3) is 3.28. The average molecular weight is 268 g/mol. The van der Waals surface area contributed by atoms with E-state index in [1.54, 1.807) is 0 Å². The fourth-order valence-corrected chi connectivity index (χ4v) is 3.50. The lowest BCUT2D eigenvalue weighted by Gasteiger charge is -2.12. The summed E-state index contributed by atoms with van der Waals surface area (Å²) in [6, 6.07) is 2.12. The number of methoxy groups -OCH3 is 1. The number of aryl methyl sites for hydroxylation is 2. The van der Waals surface area contributed by atoms with Crippen molar-refractivity contribution in [2.24, 2.45) is 12.5 Å². The van der Waals surface area contributed by atoms with Crippen LogP contribution in [0.1, 0.15) is 30.7 Å². The van der Waals surface area contributed by atoms with Crippen LogP contribution in [0.2, 0.25) is 0 Å². The molecule has 0 saturated heterocycles. The highest BCUT2D eigenvalue weighted by Crippen LogP contribution is 2.51. The lowest BCUT2D eigenvalue weighted by Crippen LogP contribution is -2.13. The van der Waals surface area contributed by atoms with Crippen LogP contribution in [0.25, 0.3) is 0 Å². The molecule has 100 valence electrons. The first-order valence-corrected chi connectivity index (χ1v) is 7.34. The quantitative estimate of drug-likeness (QED) is 0.743. The minimum Gasteiger partial charge on any atom is -0.469 e. The number of rotatable bonds is 6. The molecule has 18 heavy (non-hydrogen) atoms. The molecule has 0 radical (unpaired) electrons. The van der Waals surface area contributed by atoms with E-state index in [-0.39, 0.29) is 11.4 Å². The molecule has 1 aromatic rings. The zero-order chi connectivity index (χ0) is 13.2. The van der Waals surface area contributed by atoms with Crippen molar-refractivity contribution in [2.75, 3.05) is 12.9 Å². The topological polar surface area (TPSA) is 44.1 Å². The van der Waals surface area contributed by atoms with Gasteiger partial charge in [0.25, 0.3) is 0 Å². The van der Waals surface area contributed by atoms with Gasteiger partial charge in [-0.25, -0.2) is 0 Å². The first kappa shape index (κ1) is 13.5. The van der Waals surface area contributed by atoms with Gasteiger partial charge in [-0.1, -0.05) is 0 Å². The van der Waals surface area contributed by atoms with E-state index < -0.39 is 0 Å². The number of ether oxygens (including phenoxy) is 1. The van der Waals surface area contributed by atoms with Crippen molar-refractivity contribution in [1.29, 1.82) is 0 Å². The van der Waals surface area contributed by atoms with Crippen LogP contribution in [0.5, 0.6) is 0 Å². The van der Waals surface area contributed by atoms with E-state index in [0.717, 1.165) is 30.0 Å². The Morgan fingerprint density at radius 2 is 2.33 bits per heavy atom. The number of aromatic nitrogens is 2. The van der Waals surface area contributed by atoms with Crippen LogP contribution in [0.4, 0.5) is 0 Å². The van der Waals surface area contributed by atoms with Gasteiger partial charge in [0.2, 0.25) is 0 Å². The van der Waals surface area contributed by atoms with Crippen molar-refractivity contribution in [2.45, 2.75) is 31.9 Å². The molecule has 1 aromatic heterocycles. The molecule has 0 unspecified atom stereocenters. The smallest absolute Gasteiger partial charge is 0.306 e. The zero-order valence-corrected chi connectivity index (χ0v) is 12.0. The highest BCUT2D eigenvalue weighted by atomic mass is 32.2. The Bertz CT molecular complexity index is 438. The maximum atomic E-state index is 11.3. The van der Waals surface area contributed by atoms with Crippen molar-refractivity contribution < 1.29 is 9.53 Å². The molecule has 0 atom stereocenters. The van der Waals surface area contributed by atoms with Crippen molar-refractivity contribution in [3.8, 4) is 0 Å². The van der Waals surface area contributed by atoms with Crippen LogP contribution >= 0.6 is 11.8 Å². The summed E-state index contributed by atoms with van der Waals surface area (Å²) in [5.74, 6) is 1.91. The molecule has 1 aliphatic carbocycles. The molecule has 0 aliphatic heterocycles. The van der Waals surface area contributed by atoms with E-state index in [4.69, 9.17) is 4.74 Å². The van der Waals surface area contributed by atoms with E-state index in [0.29, 0.717) is 6.42 Å². The van der Waals surface area contributed by atoms with Gasteiger partial charge in [0.15, 0.2) is 0 Å². The van der Waals surface area contributed by atoms with Crippen LogP contribution in [0.3, 0.4) is 0 Å². The minimum atomic E-state index is -0.0792. The fraction of sp³-hybridized carbons (Fsp3) is 0.692. The van der Waals surface area contributed by atoms with Gasteiger partial charge in [0.1, 0.15) is 0 Å². The van der Waals surface area contributed by atoms with Gasteiger partial charge >= 0.3 is 5.97 Å². The number of hydrogen-bond donors (Lipinski definition) is 0. The van der Waals surface area contributed by atoms with Gasteiger partial charge in [0.05, 0.1) is 19.2 Å². The molecule has 5 heteroatoms. The molecule has 4 nitrogen and oxygen atoms in total. The van der Waals surface area contributed by atoms with Crippen LogP contribution < -0.4 is 0 Å². The first-order chi connectivity index (χ1) is 8.54. The molecule has 1 saturated carbocycles. The summed E-state index contributed by atoms with van der Waals surface area (Å²) in [7, 11) is 3.44. The second-order valence-corrected chi connectivity index (χ2v) is 6.13. The van der Waals surface area contributed by atoms with E-state index in [2.05, 4.69) is 11.2 Å². The van der Waals surface area contributed by atoms with Crippen molar-refractivity contribution in [3.63, 3.8) is 0 Å². The standard InChI is InChI=1S/C13H20N2O2S/c1-10-6-11(15(2)14-10)8-18-9-13(4-5-13)7-12(16)17-3/h6H,4-5,7-9H2,1-3H3. The van der Waals surface area contributed by atoms with Crippen LogP contribution in [0, 0.1) is 12.3 Å². The molecule has 2 rings (SSSR count). The Hall–Kier alpha value is -0.970. The monoisotopic (exact) mass is 268 g/mol. The molecular weight excluding hydrogens is 248 g/mol. The van der Waals surface area contributed by atoms with Gasteiger partial charge in [0, 0.05) is 18.5 Å². The largest absolute Gasteiger partial charge is 0.469 e. The number of nitrogens with zero attached hydrogens (tertiary/aromatic N) is 2. The molecule has 0 N–H and O–H groups in total. The molecule has 1 fully saturated rings. The summed E-state index contributed by atoms with van der Waals surface area (Å²) in [4.78, 5) is 11.3. The van der Waals surface area contributed by atoms with Crippen LogP contribution in [-0.4, -0.2) is 28.6 Å². The molecule has 0 amide bonds. The Kier molecular flexibility index (Phi) is 4.00. The lowest BCUT2D eigenvalue weighted by molar-refractivity contribution is -0.141. The van der Waals surface area contributed by atoms with Crippen molar-refractivity contribution >= 4 is 17.7 Å². The second kappa shape index (κ2) is 5.34. The number of thioether (sulfide) groups is 1. The molecule has 0 aromatic carbocycles.